The number of nitriles is 1. The fourth-order valence-electron chi connectivity index (χ4n) is 2.53. The zero-order valence-electron chi connectivity index (χ0n) is 10.6. The number of imidazole rings is 1. The van der Waals surface area contributed by atoms with Crippen LogP contribution >= 0.6 is 11.6 Å². The van der Waals surface area contributed by atoms with Crippen LogP contribution in [0.4, 0.5) is 0 Å². The van der Waals surface area contributed by atoms with Crippen molar-refractivity contribution in [3.63, 3.8) is 0 Å². The van der Waals surface area contributed by atoms with Crippen LogP contribution in [0.15, 0.2) is 11.0 Å². The number of hydrogen-bond donors (Lipinski definition) is 0. The van der Waals surface area contributed by atoms with Gasteiger partial charge in [0.25, 0.3) is 0 Å². The van der Waals surface area contributed by atoms with E-state index in [9.17, 15) is 4.79 Å². The van der Waals surface area contributed by atoms with E-state index in [-0.39, 0.29) is 23.6 Å². The molecule has 20 heavy (non-hydrogen) atoms. The second kappa shape index (κ2) is 5.23. The quantitative estimate of drug-likeness (QED) is 0.775. The molecule has 0 N–H and O–H groups in total. The van der Waals surface area contributed by atoms with E-state index in [1.54, 1.807) is 4.57 Å². The second-order valence-electron chi connectivity index (χ2n) is 4.59. The minimum Gasteiger partial charge on any atom is -0.381 e. The molecule has 1 aliphatic rings. The fourth-order valence-corrected chi connectivity index (χ4v) is 2.66. The predicted molar refractivity (Wildman–Crippen MR) is 71.5 cm³/mol. The Morgan fingerprint density at radius 2 is 2.25 bits per heavy atom. The monoisotopic (exact) mass is 293 g/mol. The van der Waals surface area contributed by atoms with E-state index in [2.05, 4.69) is 9.97 Å². The van der Waals surface area contributed by atoms with Gasteiger partial charge in [-0.1, -0.05) is 0 Å². The normalized spacial score (nSPS) is 16.4. The first-order valence-electron chi connectivity index (χ1n) is 6.30. The Bertz CT molecular complexity index is 739. The van der Waals surface area contributed by atoms with E-state index in [0.717, 1.165) is 12.8 Å². The lowest BCUT2D eigenvalue weighted by atomic mass is 10.1. The molecule has 0 saturated carbocycles. The minimum absolute atomic E-state index is 0.0182. The van der Waals surface area contributed by atoms with Crippen molar-refractivity contribution in [1.82, 2.24) is 19.1 Å². The van der Waals surface area contributed by atoms with Crippen molar-refractivity contribution in [3.8, 4) is 6.07 Å². The summed E-state index contributed by atoms with van der Waals surface area (Å²) in [5.41, 5.74) is 0.773. The largest absolute Gasteiger partial charge is 0.381 e. The molecule has 2 aromatic heterocycles. The smallest absolute Gasteiger partial charge is 0.331 e. The summed E-state index contributed by atoms with van der Waals surface area (Å²) in [5.74, 6) is 0. The van der Waals surface area contributed by atoms with Gasteiger partial charge in [-0.05, 0) is 24.4 Å². The van der Waals surface area contributed by atoms with Crippen LogP contribution in [0.25, 0.3) is 11.2 Å². The van der Waals surface area contributed by atoms with Crippen LogP contribution in [0.5, 0.6) is 0 Å². The van der Waals surface area contributed by atoms with Gasteiger partial charge in [0.05, 0.1) is 12.3 Å². The van der Waals surface area contributed by atoms with Gasteiger partial charge < -0.3 is 4.74 Å². The van der Waals surface area contributed by atoms with E-state index in [1.165, 1.54) is 10.8 Å². The molecule has 0 unspecified atom stereocenters. The van der Waals surface area contributed by atoms with Gasteiger partial charge in [-0.2, -0.15) is 10.2 Å². The molecule has 3 heterocycles. The topological polar surface area (TPSA) is 85.7 Å². The number of fused-ring (bicyclic) bond motifs is 1. The lowest BCUT2D eigenvalue weighted by Crippen LogP contribution is -2.30. The maximum absolute atomic E-state index is 12.5. The Hall–Kier alpha value is -1.91. The first kappa shape index (κ1) is 13.1. The molecule has 3 rings (SSSR count). The third kappa shape index (κ3) is 2.07. The number of aromatic nitrogens is 4. The highest BCUT2D eigenvalue weighted by Gasteiger charge is 2.23. The number of ether oxygens (including phenoxy) is 1. The Morgan fingerprint density at radius 3 is 2.95 bits per heavy atom. The highest BCUT2D eigenvalue weighted by atomic mass is 35.5. The summed E-state index contributed by atoms with van der Waals surface area (Å²) in [6.45, 7) is 1.19. The van der Waals surface area contributed by atoms with Gasteiger partial charge in [-0.15, -0.1) is 0 Å². The van der Waals surface area contributed by atoms with Gasteiger partial charge >= 0.3 is 5.69 Å². The highest BCUT2D eigenvalue weighted by Crippen LogP contribution is 2.23. The van der Waals surface area contributed by atoms with Gasteiger partial charge in [0.15, 0.2) is 5.65 Å². The lowest BCUT2D eigenvalue weighted by Gasteiger charge is -2.22. The van der Waals surface area contributed by atoms with Crippen molar-refractivity contribution < 1.29 is 4.74 Å². The SMILES string of the molecule is N#CCn1c(=O)n(C2CCOCC2)c2nc(Cl)ncc21. The van der Waals surface area contributed by atoms with Crippen molar-refractivity contribution in [1.29, 1.82) is 5.26 Å². The molecule has 0 aliphatic carbocycles. The number of hydrogen-bond acceptors (Lipinski definition) is 5. The first-order valence-corrected chi connectivity index (χ1v) is 6.68. The molecule has 0 amide bonds. The Morgan fingerprint density at radius 1 is 1.50 bits per heavy atom. The van der Waals surface area contributed by atoms with Gasteiger partial charge in [-0.25, -0.2) is 9.78 Å². The summed E-state index contributed by atoms with van der Waals surface area (Å²) in [4.78, 5) is 20.6. The second-order valence-corrected chi connectivity index (χ2v) is 4.93. The number of nitrogens with zero attached hydrogens (tertiary/aromatic N) is 5. The van der Waals surface area contributed by atoms with E-state index in [4.69, 9.17) is 21.6 Å². The maximum atomic E-state index is 12.5. The van der Waals surface area contributed by atoms with Crippen molar-refractivity contribution in [2.45, 2.75) is 25.4 Å². The van der Waals surface area contributed by atoms with Crippen molar-refractivity contribution in [2.24, 2.45) is 0 Å². The van der Waals surface area contributed by atoms with E-state index in [0.29, 0.717) is 24.4 Å². The zero-order chi connectivity index (χ0) is 14.1. The van der Waals surface area contributed by atoms with Crippen LogP contribution in [0, 0.1) is 11.3 Å². The van der Waals surface area contributed by atoms with Crippen molar-refractivity contribution in [2.75, 3.05) is 13.2 Å². The molecular formula is C12H12ClN5O2. The molecule has 1 fully saturated rings. The molecule has 0 aromatic carbocycles. The molecule has 0 atom stereocenters. The van der Waals surface area contributed by atoms with Gasteiger partial charge in [0, 0.05) is 19.3 Å². The summed E-state index contributed by atoms with van der Waals surface area (Å²) in [6, 6.07) is 2.00. The highest BCUT2D eigenvalue weighted by molar-refractivity contribution is 6.28. The third-order valence-electron chi connectivity index (χ3n) is 3.46. The maximum Gasteiger partial charge on any atom is 0.331 e. The molecule has 1 aliphatic heterocycles. The van der Waals surface area contributed by atoms with Crippen molar-refractivity contribution in [3.05, 3.63) is 22.0 Å². The van der Waals surface area contributed by atoms with Gasteiger partial charge in [-0.3, -0.25) is 9.13 Å². The minimum atomic E-state index is -0.245. The summed E-state index contributed by atoms with van der Waals surface area (Å²) in [7, 11) is 0. The zero-order valence-corrected chi connectivity index (χ0v) is 11.4. The molecule has 0 radical (unpaired) electrons. The molecule has 1 saturated heterocycles. The summed E-state index contributed by atoms with van der Waals surface area (Å²) < 4.78 is 8.31. The van der Waals surface area contributed by atoms with Crippen LogP contribution in [-0.4, -0.2) is 32.3 Å². The summed E-state index contributed by atoms with van der Waals surface area (Å²) in [6.07, 6.45) is 2.97. The summed E-state index contributed by atoms with van der Waals surface area (Å²) in [5, 5.41) is 8.96. The standard InChI is InChI=1S/C12H12ClN5O2/c13-11-15-7-9-10(16-11)18(8-1-5-20-6-2-8)12(19)17(9)4-3-14/h7-8H,1-2,4-6H2. The van der Waals surface area contributed by atoms with E-state index >= 15 is 0 Å². The lowest BCUT2D eigenvalue weighted by molar-refractivity contribution is 0.0695. The Kier molecular flexibility index (Phi) is 3.42. The first-order chi connectivity index (χ1) is 9.72. The molecular weight excluding hydrogens is 282 g/mol. The van der Waals surface area contributed by atoms with Gasteiger partial charge in [0.2, 0.25) is 5.28 Å². The third-order valence-corrected chi connectivity index (χ3v) is 3.64. The molecule has 0 bridgehead atoms. The fraction of sp³-hybridized carbons (Fsp3) is 0.500. The van der Waals surface area contributed by atoms with Crippen LogP contribution < -0.4 is 5.69 Å². The Balaban J connectivity index is 2.24. The van der Waals surface area contributed by atoms with Crippen LogP contribution in [0.1, 0.15) is 18.9 Å². The molecule has 7 nitrogen and oxygen atoms in total. The average molecular weight is 294 g/mol. The van der Waals surface area contributed by atoms with Crippen molar-refractivity contribution >= 4 is 22.8 Å². The number of rotatable bonds is 2. The molecule has 104 valence electrons. The van der Waals surface area contributed by atoms with Crippen LogP contribution in [0.2, 0.25) is 5.28 Å². The molecule has 2 aromatic rings. The molecule has 0 spiro atoms. The predicted octanol–water partition coefficient (Wildman–Crippen LogP) is 1.12. The summed E-state index contributed by atoms with van der Waals surface area (Å²) >= 11 is 5.83. The Labute approximate surface area is 119 Å². The van der Waals surface area contributed by atoms with Crippen LogP contribution in [-0.2, 0) is 11.3 Å². The molecule has 8 heteroatoms. The number of halogens is 1. The van der Waals surface area contributed by atoms with Gasteiger partial charge in [0.1, 0.15) is 12.1 Å². The van der Waals surface area contributed by atoms with Crippen LogP contribution in [0.3, 0.4) is 0 Å². The van der Waals surface area contributed by atoms with E-state index < -0.39 is 0 Å². The van der Waals surface area contributed by atoms with E-state index in [1.807, 2.05) is 6.07 Å². The average Bonchev–Trinajstić information content (AvgIpc) is 2.72.